The predicted octanol–water partition coefficient (Wildman–Crippen LogP) is 4.51. The van der Waals surface area contributed by atoms with Gasteiger partial charge in [0.05, 0.1) is 0 Å². The molecule has 5 heteroatoms. The van der Waals surface area contributed by atoms with Crippen molar-refractivity contribution < 1.29 is 14.3 Å². The summed E-state index contributed by atoms with van der Waals surface area (Å²) < 4.78 is 5.31. The minimum atomic E-state index is -0.856. The maximum absolute atomic E-state index is 12.9. The molecule has 0 aliphatic heterocycles. The topological polar surface area (TPSA) is 67.4 Å². The van der Waals surface area contributed by atoms with E-state index in [9.17, 15) is 9.59 Å². The molecule has 5 nitrogen and oxygen atoms in total. The number of rotatable bonds is 4. The minimum Gasteiger partial charge on any atom is -0.444 e. The van der Waals surface area contributed by atoms with Crippen LogP contribution >= 0.6 is 0 Å². The zero-order chi connectivity index (χ0) is 19.3. The molecule has 138 valence electrons. The molecule has 0 saturated heterocycles. The first kappa shape index (κ1) is 19.5. The second kappa shape index (κ2) is 8.04. The molecule has 0 aliphatic carbocycles. The maximum Gasteiger partial charge on any atom is 0.408 e. The van der Waals surface area contributed by atoms with E-state index in [1.807, 2.05) is 50.2 Å². The summed E-state index contributed by atoms with van der Waals surface area (Å²) in [7, 11) is 0. The summed E-state index contributed by atoms with van der Waals surface area (Å²) in [5, 5.41) is 5.61. The van der Waals surface area contributed by atoms with Crippen LogP contribution in [-0.2, 0) is 9.53 Å². The number of hydrogen-bond acceptors (Lipinski definition) is 3. The number of para-hydroxylation sites is 1. The molecule has 26 heavy (non-hydrogen) atoms. The third-order valence-corrected chi connectivity index (χ3v) is 3.79. The highest BCUT2D eigenvalue weighted by Crippen LogP contribution is 2.22. The highest BCUT2D eigenvalue weighted by molar-refractivity contribution is 5.98. The molecule has 1 unspecified atom stereocenters. The summed E-state index contributed by atoms with van der Waals surface area (Å²) in [6, 6.07) is 14.1. The molecule has 0 fully saturated rings. The van der Waals surface area contributed by atoms with Gasteiger partial charge in [0, 0.05) is 5.69 Å². The molecule has 2 aromatic carbocycles. The molecule has 0 saturated carbocycles. The molecule has 1 atom stereocenters. The molecule has 0 aliphatic rings. The van der Waals surface area contributed by atoms with Crippen LogP contribution in [0.4, 0.5) is 10.5 Å². The van der Waals surface area contributed by atoms with E-state index in [1.54, 1.807) is 32.9 Å². The van der Waals surface area contributed by atoms with Gasteiger partial charge in [0.15, 0.2) is 0 Å². The Labute approximate surface area is 154 Å². The molecule has 0 heterocycles. The molecule has 2 N–H and O–H groups in total. The van der Waals surface area contributed by atoms with Gasteiger partial charge in [-0.25, -0.2) is 4.79 Å². The van der Waals surface area contributed by atoms with Gasteiger partial charge < -0.3 is 15.4 Å². The van der Waals surface area contributed by atoms with Gasteiger partial charge >= 0.3 is 6.09 Å². The number of amides is 2. The van der Waals surface area contributed by atoms with Crippen LogP contribution in [0.3, 0.4) is 0 Å². The molecule has 0 spiro atoms. The van der Waals surface area contributed by atoms with Crippen LogP contribution in [0.2, 0.25) is 0 Å². The van der Waals surface area contributed by atoms with Crippen molar-refractivity contribution in [1.29, 1.82) is 0 Å². The van der Waals surface area contributed by atoms with Crippen molar-refractivity contribution in [2.75, 3.05) is 5.32 Å². The first-order chi connectivity index (χ1) is 12.2. The highest BCUT2D eigenvalue weighted by atomic mass is 16.6. The van der Waals surface area contributed by atoms with Gasteiger partial charge in [0.1, 0.15) is 11.6 Å². The molecular weight excluding hydrogens is 328 g/mol. The molecule has 2 aromatic rings. The van der Waals surface area contributed by atoms with E-state index in [0.717, 1.165) is 16.8 Å². The van der Waals surface area contributed by atoms with Crippen LogP contribution in [-0.4, -0.2) is 17.6 Å². The van der Waals surface area contributed by atoms with E-state index in [-0.39, 0.29) is 5.91 Å². The van der Waals surface area contributed by atoms with Crippen molar-refractivity contribution in [2.24, 2.45) is 0 Å². The molecular formula is C21H26N2O3. The summed E-state index contributed by atoms with van der Waals surface area (Å²) in [6.07, 6.45) is -0.636. The SMILES string of the molecule is Cc1cccc(C)c1NC(=O)C(NC(=O)OC(C)(C)C)c1ccccc1. The van der Waals surface area contributed by atoms with E-state index in [4.69, 9.17) is 4.74 Å². The van der Waals surface area contributed by atoms with Crippen LogP contribution in [0.5, 0.6) is 0 Å². The predicted molar refractivity (Wildman–Crippen MR) is 103 cm³/mol. The van der Waals surface area contributed by atoms with Crippen molar-refractivity contribution in [2.45, 2.75) is 46.3 Å². The van der Waals surface area contributed by atoms with E-state index < -0.39 is 17.7 Å². The van der Waals surface area contributed by atoms with Gasteiger partial charge in [-0.05, 0) is 51.3 Å². The molecule has 2 amide bonds. The number of aryl methyl sites for hydroxylation is 2. The van der Waals surface area contributed by atoms with Gasteiger partial charge in [0.2, 0.25) is 0 Å². The highest BCUT2D eigenvalue weighted by Gasteiger charge is 2.26. The average Bonchev–Trinajstić information content (AvgIpc) is 2.55. The lowest BCUT2D eigenvalue weighted by Gasteiger charge is -2.24. The lowest BCUT2D eigenvalue weighted by Crippen LogP contribution is -2.40. The van der Waals surface area contributed by atoms with E-state index >= 15 is 0 Å². The van der Waals surface area contributed by atoms with E-state index in [0.29, 0.717) is 5.56 Å². The Hall–Kier alpha value is -2.82. The number of anilines is 1. The standard InChI is InChI=1S/C21H26N2O3/c1-14-10-9-11-15(2)17(14)22-19(24)18(16-12-7-6-8-13-16)23-20(25)26-21(3,4)5/h6-13,18H,1-5H3,(H,22,24)(H,23,25). The fourth-order valence-electron chi connectivity index (χ4n) is 2.58. The Morgan fingerprint density at radius 3 is 2.04 bits per heavy atom. The van der Waals surface area contributed by atoms with Crippen LogP contribution < -0.4 is 10.6 Å². The second-order valence-corrected chi connectivity index (χ2v) is 7.25. The summed E-state index contributed by atoms with van der Waals surface area (Å²) in [5.74, 6) is -0.320. The summed E-state index contributed by atoms with van der Waals surface area (Å²) >= 11 is 0. The van der Waals surface area contributed by atoms with Gasteiger partial charge in [-0.3, -0.25) is 4.79 Å². The number of ether oxygens (including phenoxy) is 1. The first-order valence-corrected chi connectivity index (χ1v) is 8.59. The quantitative estimate of drug-likeness (QED) is 0.849. The van der Waals surface area contributed by atoms with Gasteiger partial charge in [-0.2, -0.15) is 0 Å². The fraction of sp³-hybridized carbons (Fsp3) is 0.333. The third kappa shape index (κ3) is 5.34. The van der Waals surface area contributed by atoms with E-state index in [1.165, 1.54) is 0 Å². The first-order valence-electron chi connectivity index (χ1n) is 8.59. The monoisotopic (exact) mass is 354 g/mol. The third-order valence-electron chi connectivity index (χ3n) is 3.79. The normalized spacial score (nSPS) is 12.2. The minimum absolute atomic E-state index is 0.320. The Morgan fingerprint density at radius 1 is 0.923 bits per heavy atom. The van der Waals surface area contributed by atoms with Crippen LogP contribution in [0.15, 0.2) is 48.5 Å². The van der Waals surface area contributed by atoms with Crippen LogP contribution in [0.25, 0.3) is 0 Å². The van der Waals surface area contributed by atoms with Crippen molar-refractivity contribution in [1.82, 2.24) is 5.32 Å². The summed E-state index contributed by atoms with van der Waals surface area (Å²) in [6.45, 7) is 9.20. The maximum atomic E-state index is 12.9. The largest absolute Gasteiger partial charge is 0.444 e. The number of nitrogens with one attached hydrogen (secondary N) is 2. The number of hydrogen-bond donors (Lipinski definition) is 2. The number of carbonyl (C=O) groups excluding carboxylic acids is 2. The molecule has 2 rings (SSSR count). The van der Waals surface area contributed by atoms with Crippen molar-refractivity contribution in [3.8, 4) is 0 Å². The Balaban J connectivity index is 2.26. The zero-order valence-corrected chi connectivity index (χ0v) is 15.9. The average molecular weight is 354 g/mol. The van der Waals surface area contributed by atoms with Gasteiger partial charge in [-0.15, -0.1) is 0 Å². The molecule has 0 aromatic heterocycles. The lowest BCUT2D eigenvalue weighted by molar-refractivity contribution is -0.118. The zero-order valence-electron chi connectivity index (χ0n) is 15.9. The molecule has 0 bridgehead atoms. The molecule has 0 radical (unpaired) electrons. The number of benzene rings is 2. The Morgan fingerprint density at radius 2 is 1.50 bits per heavy atom. The van der Waals surface area contributed by atoms with E-state index in [2.05, 4.69) is 10.6 Å². The Bertz CT molecular complexity index is 759. The van der Waals surface area contributed by atoms with Crippen molar-refractivity contribution in [3.63, 3.8) is 0 Å². The van der Waals surface area contributed by atoms with Crippen LogP contribution in [0, 0.1) is 13.8 Å². The van der Waals surface area contributed by atoms with Gasteiger partial charge in [0.25, 0.3) is 5.91 Å². The van der Waals surface area contributed by atoms with Crippen molar-refractivity contribution in [3.05, 3.63) is 65.2 Å². The number of alkyl carbamates (subject to hydrolysis) is 1. The lowest BCUT2D eigenvalue weighted by atomic mass is 10.0. The smallest absolute Gasteiger partial charge is 0.408 e. The van der Waals surface area contributed by atoms with Crippen LogP contribution in [0.1, 0.15) is 43.5 Å². The summed E-state index contributed by atoms with van der Waals surface area (Å²) in [5.41, 5.74) is 2.71. The van der Waals surface area contributed by atoms with Gasteiger partial charge in [-0.1, -0.05) is 48.5 Å². The summed E-state index contributed by atoms with van der Waals surface area (Å²) in [4.78, 5) is 25.2. The fourth-order valence-corrected chi connectivity index (χ4v) is 2.58. The second-order valence-electron chi connectivity index (χ2n) is 7.25. The number of carbonyl (C=O) groups is 2. The van der Waals surface area contributed by atoms with Crippen molar-refractivity contribution >= 4 is 17.7 Å². The Kier molecular flexibility index (Phi) is 6.03.